The summed E-state index contributed by atoms with van der Waals surface area (Å²) in [5, 5.41) is 10.7. The second-order valence-corrected chi connectivity index (χ2v) is 35.5. The van der Waals surface area contributed by atoms with Gasteiger partial charge in [0.15, 0.2) is 12.2 Å². The average Bonchev–Trinajstić information content (AvgIpc) is 0.908. The first-order chi connectivity index (χ1) is 51.8. The molecule has 0 aliphatic rings. The van der Waals surface area contributed by atoms with Gasteiger partial charge in [0.05, 0.1) is 26.4 Å². The summed E-state index contributed by atoms with van der Waals surface area (Å²) in [6.45, 7) is 12.1. The van der Waals surface area contributed by atoms with E-state index in [1.807, 2.05) is 0 Å². The molecule has 0 heterocycles. The van der Waals surface area contributed by atoms with Crippen LogP contribution < -0.4 is 0 Å². The van der Waals surface area contributed by atoms with E-state index in [1.54, 1.807) is 0 Å². The number of esters is 4. The van der Waals surface area contributed by atoms with Crippen LogP contribution in [0, 0.1) is 17.8 Å². The van der Waals surface area contributed by atoms with Gasteiger partial charge < -0.3 is 33.8 Å². The van der Waals surface area contributed by atoms with E-state index in [4.69, 9.17) is 37.0 Å². The lowest BCUT2D eigenvalue weighted by molar-refractivity contribution is -0.161. The van der Waals surface area contributed by atoms with E-state index >= 15 is 0 Å². The van der Waals surface area contributed by atoms with Crippen LogP contribution in [0.5, 0.6) is 0 Å². The van der Waals surface area contributed by atoms with Gasteiger partial charge in [0, 0.05) is 25.7 Å². The summed E-state index contributed by atoms with van der Waals surface area (Å²) in [6, 6.07) is 0. The number of rotatable bonds is 86. The molecule has 0 aromatic heterocycles. The number of aliphatic hydroxyl groups excluding tert-OH is 1. The summed E-state index contributed by atoms with van der Waals surface area (Å²) >= 11 is 0. The summed E-state index contributed by atoms with van der Waals surface area (Å²) in [4.78, 5) is 73.3. The van der Waals surface area contributed by atoms with E-state index in [1.165, 1.54) is 276 Å². The van der Waals surface area contributed by atoms with Gasteiger partial charge in [-0.2, -0.15) is 0 Å². The quantitative estimate of drug-likeness (QED) is 0.0222. The molecule has 0 rings (SSSR count). The third-order valence-electron chi connectivity index (χ3n) is 21.4. The minimum absolute atomic E-state index is 0.107. The maximum Gasteiger partial charge on any atom is 0.472 e. The Balaban J connectivity index is 5.25. The Morgan fingerprint density at radius 3 is 0.710 bits per heavy atom. The molecule has 0 aromatic rings. The number of hydrogen-bond donors (Lipinski definition) is 3. The SMILES string of the molecule is CCCCCCCCCCCCCCCCCCCCCCC(=O)O[C@H](COC(=O)CCCCCCCCCCCCCCCCC(C)CC)COP(=O)(O)OC[C@@H](O)COP(=O)(O)OC[C@@H](COC(=O)CCCCCCCCCCC(C)C)OC(=O)CCCCCCCCCCCCCCCCC(C)CC. The molecule has 3 N–H and O–H groups in total. The van der Waals surface area contributed by atoms with Crippen molar-refractivity contribution in [1.82, 2.24) is 0 Å². The second kappa shape index (κ2) is 78.0. The summed E-state index contributed by atoms with van der Waals surface area (Å²) in [5.74, 6) is 0.320. The molecule has 0 aliphatic carbocycles. The van der Waals surface area contributed by atoms with Crippen molar-refractivity contribution in [2.45, 2.75) is 484 Å². The summed E-state index contributed by atoms with van der Waals surface area (Å²) in [5.41, 5.74) is 0. The van der Waals surface area contributed by atoms with Gasteiger partial charge in [-0.3, -0.25) is 37.3 Å². The van der Waals surface area contributed by atoms with Crippen molar-refractivity contribution in [3.8, 4) is 0 Å². The van der Waals surface area contributed by atoms with Crippen LogP contribution in [-0.2, 0) is 65.4 Å². The van der Waals surface area contributed by atoms with E-state index in [0.717, 1.165) is 108 Å². The highest BCUT2D eigenvalue weighted by atomic mass is 31.2. The Morgan fingerprint density at radius 1 is 0.271 bits per heavy atom. The molecule has 19 heteroatoms. The fourth-order valence-corrected chi connectivity index (χ4v) is 15.2. The Morgan fingerprint density at radius 2 is 0.477 bits per heavy atom. The maximum atomic E-state index is 13.2. The predicted octanol–water partition coefficient (Wildman–Crippen LogP) is 26.9. The largest absolute Gasteiger partial charge is 0.472 e. The van der Waals surface area contributed by atoms with E-state index in [2.05, 4.69) is 48.5 Å². The topological polar surface area (TPSA) is 237 Å². The molecular formula is C88H172O17P2. The molecule has 0 bridgehead atoms. The molecule has 0 aliphatic heterocycles. The van der Waals surface area contributed by atoms with Crippen molar-refractivity contribution in [1.29, 1.82) is 0 Å². The van der Waals surface area contributed by atoms with Crippen LogP contribution in [0.25, 0.3) is 0 Å². The number of phosphoric acid groups is 2. The summed E-state index contributed by atoms with van der Waals surface area (Å²) in [6.07, 6.45) is 69.3. The fraction of sp³-hybridized carbons (Fsp3) is 0.955. The molecule has 0 aromatic carbocycles. The third kappa shape index (κ3) is 79.1. The molecule has 107 heavy (non-hydrogen) atoms. The van der Waals surface area contributed by atoms with E-state index in [-0.39, 0.29) is 25.7 Å². The van der Waals surface area contributed by atoms with Gasteiger partial charge in [-0.15, -0.1) is 0 Å². The molecule has 0 saturated heterocycles. The summed E-state index contributed by atoms with van der Waals surface area (Å²) < 4.78 is 69.0. The predicted molar refractivity (Wildman–Crippen MR) is 441 cm³/mol. The Labute approximate surface area is 658 Å². The lowest BCUT2D eigenvalue weighted by atomic mass is 9.99. The smallest absolute Gasteiger partial charge is 0.462 e. The molecular weight excluding hydrogens is 1390 g/mol. The van der Waals surface area contributed by atoms with Crippen molar-refractivity contribution in [2.75, 3.05) is 39.6 Å². The zero-order chi connectivity index (χ0) is 78.6. The van der Waals surface area contributed by atoms with Crippen molar-refractivity contribution in [3.63, 3.8) is 0 Å². The lowest BCUT2D eigenvalue weighted by Gasteiger charge is -2.21. The van der Waals surface area contributed by atoms with Crippen molar-refractivity contribution >= 4 is 39.5 Å². The Kier molecular flexibility index (Phi) is 76.6. The number of hydrogen-bond acceptors (Lipinski definition) is 15. The monoisotopic (exact) mass is 1560 g/mol. The van der Waals surface area contributed by atoms with Gasteiger partial charge in [0.2, 0.25) is 0 Å². The van der Waals surface area contributed by atoms with Gasteiger partial charge in [-0.25, -0.2) is 9.13 Å². The minimum Gasteiger partial charge on any atom is -0.462 e. The first-order valence-electron chi connectivity index (χ1n) is 45.4. The third-order valence-corrected chi connectivity index (χ3v) is 23.3. The number of ether oxygens (including phenoxy) is 4. The number of aliphatic hydroxyl groups is 1. The highest BCUT2D eigenvalue weighted by Crippen LogP contribution is 2.45. The van der Waals surface area contributed by atoms with Crippen LogP contribution in [0.2, 0.25) is 0 Å². The molecule has 0 radical (unpaired) electrons. The first-order valence-corrected chi connectivity index (χ1v) is 48.4. The van der Waals surface area contributed by atoms with E-state index in [9.17, 15) is 43.2 Å². The van der Waals surface area contributed by atoms with Crippen LogP contribution in [0.1, 0.15) is 466 Å². The van der Waals surface area contributed by atoms with Gasteiger partial charge in [-0.1, -0.05) is 414 Å². The highest BCUT2D eigenvalue weighted by molar-refractivity contribution is 7.47. The van der Waals surface area contributed by atoms with Crippen LogP contribution in [0.4, 0.5) is 0 Å². The lowest BCUT2D eigenvalue weighted by Crippen LogP contribution is -2.30. The zero-order valence-electron chi connectivity index (χ0n) is 70.6. The fourth-order valence-electron chi connectivity index (χ4n) is 13.7. The molecule has 0 amide bonds. The molecule has 0 spiro atoms. The molecule has 0 saturated carbocycles. The number of carbonyl (C=O) groups is 4. The number of unbranched alkanes of at least 4 members (excludes halogenated alkanes) is 52. The van der Waals surface area contributed by atoms with Crippen molar-refractivity contribution in [3.05, 3.63) is 0 Å². The van der Waals surface area contributed by atoms with E-state index < -0.39 is 97.5 Å². The Hall–Kier alpha value is -1.94. The van der Waals surface area contributed by atoms with Gasteiger partial charge in [0.1, 0.15) is 19.3 Å². The average molecular weight is 1560 g/mol. The molecule has 636 valence electrons. The van der Waals surface area contributed by atoms with Gasteiger partial charge in [0.25, 0.3) is 0 Å². The van der Waals surface area contributed by atoms with Crippen LogP contribution >= 0.6 is 15.6 Å². The van der Waals surface area contributed by atoms with Crippen molar-refractivity contribution in [2.24, 2.45) is 17.8 Å². The molecule has 17 nitrogen and oxygen atoms in total. The van der Waals surface area contributed by atoms with Crippen LogP contribution in [-0.4, -0.2) is 96.7 Å². The highest BCUT2D eigenvalue weighted by Gasteiger charge is 2.31. The molecule has 7 atom stereocenters. The standard InChI is InChI=1S/C88H172O17P2/c1-8-11-12-13-14-15-16-17-18-19-20-21-22-23-31-36-41-50-57-64-71-87(92)104-83(75-98-85(90)69-62-55-48-40-35-30-26-24-28-33-38-46-53-60-67-80(6)9-2)77-102-106(94,95)100-73-82(89)74-101-107(96,97)103-78-84(76-99-86(91)70-63-56-49-44-43-45-52-59-66-79(4)5)105-88(93)72-65-58-51-42-37-32-27-25-29-34-39-47-54-61-68-81(7)10-3/h79-84,89H,8-78H2,1-7H3,(H,94,95)(H,96,97)/t80?,81?,82-,83-,84-/m1/s1. The van der Waals surface area contributed by atoms with Crippen molar-refractivity contribution < 1.29 is 80.2 Å². The maximum absolute atomic E-state index is 13.2. The minimum atomic E-state index is -4.97. The van der Waals surface area contributed by atoms with Crippen LogP contribution in [0.3, 0.4) is 0 Å². The number of phosphoric ester groups is 2. The molecule has 0 fully saturated rings. The Bertz CT molecular complexity index is 2060. The normalized spacial score (nSPS) is 14.3. The van der Waals surface area contributed by atoms with Gasteiger partial charge >= 0.3 is 39.5 Å². The second-order valence-electron chi connectivity index (χ2n) is 32.6. The van der Waals surface area contributed by atoms with Gasteiger partial charge in [-0.05, 0) is 43.4 Å². The zero-order valence-corrected chi connectivity index (χ0v) is 72.4. The summed E-state index contributed by atoms with van der Waals surface area (Å²) in [7, 11) is -9.93. The first kappa shape index (κ1) is 105. The number of carbonyl (C=O) groups excluding carboxylic acids is 4. The van der Waals surface area contributed by atoms with Crippen LogP contribution in [0.15, 0.2) is 0 Å². The van der Waals surface area contributed by atoms with E-state index in [0.29, 0.717) is 25.7 Å². The molecule has 4 unspecified atom stereocenters.